The van der Waals surface area contributed by atoms with Crippen molar-refractivity contribution in [3.05, 3.63) is 94.6 Å². The van der Waals surface area contributed by atoms with E-state index in [1.54, 1.807) is 31.4 Å². The molecule has 1 atom stereocenters. The first-order valence-corrected chi connectivity index (χ1v) is 13.3. The molecule has 1 N–H and O–H groups in total. The number of amides is 1. The third kappa shape index (κ3) is 5.42. The van der Waals surface area contributed by atoms with Gasteiger partial charge in [0.1, 0.15) is 17.3 Å². The molecule has 1 fully saturated rings. The van der Waals surface area contributed by atoms with Crippen LogP contribution in [0.1, 0.15) is 75.8 Å². The molecule has 3 aromatic carbocycles. The van der Waals surface area contributed by atoms with Crippen LogP contribution >= 0.6 is 0 Å². The summed E-state index contributed by atoms with van der Waals surface area (Å²) in [6.45, 7) is 12.9. The van der Waals surface area contributed by atoms with Crippen LogP contribution in [0.15, 0.2) is 72.3 Å². The van der Waals surface area contributed by atoms with Crippen molar-refractivity contribution in [2.75, 3.05) is 18.6 Å². The molecule has 0 saturated carbocycles. The molecule has 0 radical (unpaired) electrons. The maximum absolute atomic E-state index is 13.6. The molecule has 1 aliphatic heterocycles. The Morgan fingerprint density at radius 3 is 2.28 bits per heavy atom. The van der Waals surface area contributed by atoms with E-state index in [1.165, 1.54) is 4.90 Å². The Bertz CT molecular complexity index is 1410. The predicted octanol–water partition coefficient (Wildman–Crippen LogP) is 7.14. The molecule has 4 rings (SSSR count). The van der Waals surface area contributed by atoms with Crippen molar-refractivity contribution >= 4 is 23.1 Å². The topological polar surface area (TPSA) is 76.1 Å². The Hall–Kier alpha value is -4.06. The fraction of sp³-hybridized carbons (Fsp3) is 0.333. The number of hydrogen-bond acceptors (Lipinski definition) is 5. The highest BCUT2D eigenvalue weighted by molar-refractivity contribution is 6.51. The van der Waals surface area contributed by atoms with Gasteiger partial charge < -0.3 is 14.6 Å². The Balaban J connectivity index is 1.92. The number of methoxy groups -OCH3 is 1. The maximum Gasteiger partial charge on any atom is 0.300 e. The molecule has 3 aromatic rings. The molecule has 0 aliphatic carbocycles. The van der Waals surface area contributed by atoms with E-state index >= 15 is 0 Å². The molecule has 0 aromatic heterocycles. The fourth-order valence-corrected chi connectivity index (χ4v) is 4.94. The summed E-state index contributed by atoms with van der Waals surface area (Å²) in [4.78, 5) is 28.6. The average Bonchev–Trinajstić information content (AvgIpc) is 3.18. The van der Waals surface area contributed by atoms with Gasteiger partial charge in [-0.15, -0.1) is 0 Å². The molecule has 204 valence electrons. The highest BCUT2D eigenvalue weighted by Gasteiger charge is 2.47. The van der Waals surface area contributed by atoms with Crippen LogP contribution in [0.4, 0.5) is 5.69 Å². The number of benzene rings is 3. The van der Waals surface area contributed by atoms with Crippen molar-refractivity contribution in [3.8, 4) is 11.5 Å². The first-order valence-electron chi connectivity index (χ1n) is 13.3. The molecule has 6 nitrogen and oxygen atoms in total. The van der Waals surface area contributed by atoms with Crippen LogP contribution in [0.2, 0.25) is 0 Å². The van der Waals surface area contributed by atoms with Crippen molar-refractivity contribution in [2.45, 2.75) is 58.9 Å². The largest absolute Gasteiger partial charge is 0.507 e. The lowest BCUT2D eigenvalue weighted by Crippen LogP contribution is -2.29. The number of anilines is 1. The molecule has 39 heavy (non-hydrogen) atoms. The number of aliphatic hydroxyl groups excluding tert-OH is 1. The van der Waals surface area contributed by atoms with Gasteiger partial charge >= 0.3 is 0 Å². The van der Waals surface area contributed by atoms with E-state index in [0.717, 1.165) is 16.9 Å². The summed E-state index contributed by atoms with van der Waals surface area (Å²) in [6, 6.07) is 19.4. The first kappa shape index (κ1) is 28.0. The highest BCUT2D eigenvalue weighted by atomic mass is 16.5. The minimum atomic E-state index is -0.838. The molecule has 1 amide bonds. The van der Waals surface area contributed by atoms with Crippen LogP contribution in [-0.4, -0.2) is 30.5 Å². The van der Waals surface area contributed by atoms with Crippen molar-refractivity contribution in [1.82, 2.24) is 0 Å². The number of hydrogen-bond donors (Lipinski definition) is 1. The van der Waals surface area contributed by atoms with Crippen LogP contribution in [0.5, 0.6) is 11.5 Å². The van der Waals surface area contributed by atoms with Gasteiger partial charge in [0.15, 0.2) is 0 Å². The van der Waals surface area contributed by atoms with Gasteiger partial charge in [0, 0.05) is 11.3 Å². The Morgan fingerprint density at radius 2 is 1.69 bits per heavy atom. The summed E-state index contributed by atoms with van der Waals surface area (Å²) < 4.78 is 11.2. The zero-order valence-corrected chi connectivity index (χ0v) is 23.7. The summed E-state index contributed by atoms with van der Waals surface area (Å²) in [5, 5.41) is 11.6. The predicted molar refractivity (Wildman–Crippen MR) is 155 cm³/mol. The Kier molecular flexibility index (Phi) is 7.86. The number of Topliss-reactive ketones (excluding diaryl/α,β-unsaturated/α-hetero) is 1. The summed E-state index contributed by atoms with van der Waals surface area (Å²) in [5.74, 6) is -0.211. The van der Waals surface area contributed by atoms with E-state index in [2.05, 4.69) is 20.8 Å². The minimum absolute atomic E-state index is 0.0343. The van der Waals surface area contributed by atoms with E-state index in [-0.39, 0.29) is 22.7 Å². The maximum atomic E-state index is 13.6. The third-order valence-electron chi connectivity index (χ3n) is 7.07. The Morgan fingerprint density at radius 1 is 1.00 bits per heavy atom. The number of aliphatic hydroxyl groups is 1. The monoisotopic (exact) mass is 527 g/mol. The number of carbonyl (C=O) groups excluding carboxylic acids is 2. The summed E-state index contributed by atoms with van der Waals surface area (Å²) >= 11 is 0. The molecular formula is C33H37NO5. The fourth-order valence-electron chi connectivity index (χ4n) is 4.94. The molecule has 1 saturated heterocycles. The molecule has 1 heterocycles. The van der Waals surface area contributed by atoms with Gasteiger partial charge in [0.05, 0.1) is 25.3 Å². The number of ether oxygens (including phenoxy) is 2. The van der Waals surface area contributed by atoms with Crippen molar-refractivity contribution in [1.29, 1.82) is 0 Å². The van der Waals surface area contributed by atoms with Crippen LogP contribution in [0, 0.1) is 0 Å². The van der Waals surface area contributed by atoms with Crippen LogP contribution in [0.25, 0.3) is 5.76 Å². The van der Waals surface area contributed by atoms with E-state index < -0.39 is 17.7 Å². The zero-order valence-electron chi connectivity index (χ0n) is 23.7. The van der Waals surface area contributed by atoms with Gasteiger partial charge in [-0.05, 0) is 77.4 Å². The van der Waals surface area contributed by atoms with Crippen molar-refractivity contribution in [2.24, 2.45) is 0 Å². The molecule has 6 heteroatoms. The second-order valence-electron chi connectivity index (χ2n) is 11.1. The van der Waals surface area contributed by atoms with Crippen molar-refractivity contribution in [3.63, 3.8) is 0 Å². The quantitative estimate of drug-likeness (QED) is 0.201. The second kappa shape index (κ2) is 11.0. The molecule has 0 spiro atoms. The highest BCUT2D eigenvalue weighted by Crippen LogP contribution is 2.43. The molecule has 1 aliphatic rings. The van der Waals surface area contributed by atoms with E-state index in [1.807, 2.05) is 63.2 Å². The van der Waals surface area contributed by atoms with E-state index in [0.29, 0.717) is 29.2 Å². The van der Waals surface area contributed by atoms with Gasteiger partial charge in [0.2, 0.25) is 0 Å². The number of rotatable bonds is 7. The second-order valence-corrected chi connectivity index (χ2v) is 11.1. The normalized spacial score (nSPS) is 17.1. The molecular weight excluding hydrogens is 490 g/mol. The van der Waals surface area contributed by atoms with Crippen LogP contribution < -0.4 is 14.4 Å². The summed E-state index contributed by atoms with van der Waals surface area (Å²) in [6.07, 6.45) is 0. The van der Waals surface area contributed by atoms with Gasteiger partial charge in [-0.3, -0.25) is 14.5 Å². The summed E-state index contributed by atoms with van der Waals surface area (Å²) in [7, 11) is 1.56. The SMILES string of the molecule is CCOc1ccc(/C(O)=C2/C(=O)C(=O)N(c3ccc(C(C)(C)C)cc3)C2c2cccc(OC)c2)cc1C(C)C. The summed E-state index contributed by atoms with van der Waals surface area (Å²) in [5.41, 5.74) is 3.67. The number of carbonyl (C=O) groups is 2. The average molecular weight is 528 g/mol. The van der Waals surface area contributed by atoms with E-state index in [4.69, 9.17) is 9.47 Å². The van der Waals surface area contributed by atoms with Crippen molar-refractivity contribution < 1.29 is 24.2 Å². The number of nitrogens with zero attached hydrogens (tertiary/aromatic N) is 1. The van der Waals surface area contributed by atoms with Gasteiger partial charge in [-0.2, -0.15) is 0 Å². The van der Waals surface area contributed by atoms with E-state index in [9.17, 15) is 14.7 Å². The first-order chi connectivity index (χ1) is 18.5. The van der Waals surface area contributed by atoms with Gasteiger partial charge in [-0.25, -0.2) is 0 Å². The van der Waals surface area contributed by atoms with Gasteiger partial charge in [-0.1, -0.05) is 58.9 Å². The standard InChI is InChI=1S/C33H37NO5/c1-8-39-27-17-12-22(19-26(27)20(2)3)30(35)28-29(21-10-9-11-25(18-21)38-7)34(32(37)31(28)36)24-15-13-23(14-16-24)33(4,5)6/h9-20,29,35H,8H2,1-7H3/b30-28-. The lowest BCUT2D eigenvalue weighted by Gasteiger charge is -2.27. The molecule has 1 unspecified atom stereocenters. The van der Waals surface area contributed by atoms with Crippen LogP contribution in [0.3, 0.4) is 0 Å². The zero-order chi connectivity index (χ0) is 28.5. The number of ketones is 1. The lowest BCUT2D eigenvalue weighted by atomic mass is 9.87. The van der Waals surface area contributed by atoms with Gasteiger partial charge in [0.25, 0.3) is 11.7 Å². The lowest BCUT2D eigenvalue weighted by molar-refractivity contribution is -0.132. The minimum Gasteiger partial charge on any atom is -0.507 e. The molecule has 0 bridgehead atoms. The third-order valence-corrected chi connectivity index (χ3v) is 7.07. The Labute approximate surface area is 230 Å². The smallest absolute Gasteiger partial charge is 0.300 e. The van der Waals surface area contributed by atoms with Crippen LogP contribution in [-0.2, 0) is 15.0 Å².